The second-order valence-corrected chi connectivity index (χ2v) is 6.02. The summed E-state index contributed by atoms with van der Waals surface area (Å²) in [7, 11) is 0. The van der Waals surface area contributed by atoms with E-state index in [9.17, 15) is 14.4 Å². The summed E-state index contributed by atoms with van der Waals surface area (Å²) in [5, 5.41) is 20.9. The standard InChI is InChI=1S/C17H24N2O5/c1-11(2)15(18-12(3)17(23)24)16(22)19(10-14(20)21)9-13-7-5-4-6-8-13/h4-8,11-12,15,18H,9-10H2,1-3H3,(H,20,21)(H,23,24)/t12?,15-/m0/s1. The molecule has 0 bridgehead atoms. The van der Waals surface area contributed by atoms with Crippen molar-refractivity contribution in [1.82, 2.24) is 10.2 Å². The van der Waals surface area contributed by atoms with Gasteiger partial charge in [0.15, 0.2) is 0 Å². The van der Waals surface area contributed by atoms with E-state index in [1.807, 2.05) is 18.2 Å². The molecular formula is C17H24N2O5. The van der Waals surface area contributed by atoms with E-state index in [-0.39, 0.29) is 12.5 Å². The molecule has 0 radical (unpaired) electrons. The number of carbonyl (C=O) groups is 3. The van der Waals surface area contributed by atoms with Gasteiger partial charge in [-0.25, -0.2) is 0 Å². The fourth-order valence-corrected chi connectivity index (χ4v) is 2.27. The van der Waals surface area contributed by atoms with Crippen molar-refractivity contribution in [2.75, 3.05) is 6.54 Å². The van der Waals surface area contributed by atoms with Crippen molar-refractivity contribution in [2.24, 2.45) is 5.92 Å². The second-order valence-electron chi connectivity index (χ2n) is 6.02. The zero-order valence-electron chi connectivity index (χ0n) is 14.1. The smallest absolute Gasteiger partial charge is 0.323 e. The monoisotopic (exact) mass is 336 g/mol. The normalized spacial score (nSPS) is 13.3. The number of hydrogen-bond donors (Lipinski definition) is 3. The fourth-order valence-electron chi connectivity index (χ4n) is 2.27. The van der Waals surface area contributed by atoms with Crippen LogP contribution in [0.15, 0.2) is 30.3 Å². The highest BCUT2D eigenvalue weighted by Crippen LogP contribution is 2.11. The van der Waals surface area contributed by atoms with E-state index < -0.39 is 36.5 Å². The molecule has 0 spiro atoms. The van der Waals surface area contributed by atoms with E-state index in [0.717, 1.165) is 5.56 Å². The van der Waals surface area contributed by atoms with Crippen LogP contribution in [0.2, 0.25) is 0 Å². The number of carboxylic acids is 2. The van der Waals surface area contributed by atoms with Crippen molar-refractivity contribution in [3.8, 4) is 0 Å². The average molecular weight is 336 g/mol. The van der Waals surface area contributed by atoms with Gasteiger partial charge in [-0.3, -0.25) is 19.7 Å². The highest BCUT2D eigenvalue weighted by atomic mass is 16.4. The molecule has 1 rings (SSSR count). The lowest BCUT2D eigenvalue weighted by molar-refractivity contribution is -0.147. The SMILES string of the molecule is CC(N[C@H](C(=O)N(CC(=O)O)Cc1ccccc1)C(C)C)C(=O)O. The lowest BCUT2D eigenvalue weighted by atomic mass is 10.0. The van der Waals surface area contributed by atoms with E-state index >= 15 is 0 Å². The van der Waals surface area contributed by atoms with Crippen LogP contribution in [0.3, 0.4) is 0 Å². The van der Waals surface area contributed by atoms with E-state index in [4.69, 9.17) is 10.2 Å². The molecule has 7 nitrogen and oxygen atoms in total. The number of nitrogens with one attached hydrogen (secondary N) is 1. The lowest BCUT2D eigenvalue weighted by Gasteiger charge is -2.30. The molecule has 0 aliphatic rings. The van der Waals surface area contributed by atoms with Crippen molar-refractivity contribution in [3.05, 3.63) is 35.9 Å². The second kappa shape index (κ2) is 9.02. The predicted molar refractivity (Wildman–Crippen MR) is 88.4 cm³/mol. The molecule has 0 saturated carbocycles. The molecular weight excluding hydrogens is 312 g/mol. The minimum absolute atomic E-state index is 0.151. The maximum absolute atomic E-state index is 12.8. The van der Waals surface area contributed by atoms with Crippen LogP contribution in [0.25, 0.3) is 0 Å². The molecule has 1 aromatic carbocycles. The largest absolute Gasteiger partial charge is 0.480 e. The molecule has 1 aromatic rings. The number of nitrogens with zero attached hydrogens (tertiary/aromatic N) is 1. The molecule has 0 heterocycles. The molecule has 0 aliphatic heterocycles. The summed E-state index contributed by atoms with van der Waals surface area (Å²) in [5.74, 6) is -2.80. The van der Waals surface area contributed by atoms with Gasteiger partial charge in [0.2, 0.25) is 5.91 Å². The zero-order chi connectivity index (χ0) is 18.3. The van der Waals surface area contributed by atoms with Gasteiger partial charge in [-0.1, -0.05) is 44.2 Å². The van der Waals surface area contributed by atoms with Gasteiger partial charge in [-0.05, 0) is 18.4 Å². The average Bonchev–Trinajstić information content (AvgIpc) is 2.51. The van der Waals surface area contributed by atoms with Crippen LogP contribution in [0.1, 0.15) is 26.3 Å². The first-order chi connectivity index (χ1) is 11.2. The maximum Gasteiger partial charge on any atom is 0.323 e. The van der Waals surface area contributed by atoms with Gasteiger partial charge in [0.1, 0.15) is 12.6 Å². The van der Waals surface area contributed by atoms with Crippen LogP contribution in [0.4, 0.5) is 0 Å². The van der Waals surface area contributed by atoms with Gasteiger partial charge in [0, 0.05) is 6.54 Å². The first-order valence-electron chi connectivity index (χ1n) is 7.75. The maximum atomic E-state index is 12.8. The van der Waals surface area contributed by atoms with Gasteiger partial charge >= 0.3 is 11.9 Å². The van der Waals surface area contributed by atoms with E-state index in [0.29, 0.717) is 0 Å². The van der Waals surface area contributed by atoms with Crippen molar-refractivity contribution in [2.45, 2.75) is 39.4 Å². The Labute approximate surface area is 141 Å². The molecule has 1 amide bonds. The van der Waals surface area contributed by atoms with Gasteiger partial charge in [0.05, 0.1) is 6.04 Å². The molecule has 0 aromatic heterocycles. The topological polar surface area (TPSA) is 107 Å². The molecule has 0 saturated heterocycles. The lowest BCUT2D eigenvalue weighted by Crippen LogP contribution is -2.54. The quantitative estimate of drug-likeness (QED) is 0.625. The third kappa shape index (κ3) is 6.00. The Balaban J connectivity index is 2.98. The molecule has 1 unspecified atom stereocenters. The Kier molecular flexibility index (Phi) is 7.38. The number of benzene rings is 1. The van der Waals surface area contributed by atoms with Crippen LogP contribution in [0, 0.1) is 5.92 Å². The van der Waals surface area contributed by atoms with Crippen LogP contribution >= 0.6 is 0 Å². The summed E-state index contributed by atoms with van der Waals surface area (Å²) in [6, 6.07) is 7.37. The van der Waals surface area contributed by atoms with Gasteiger partial charge in [0.25, 0.3) is 0 Å². The summed E-state index contributed by atoms with van der Waals surface area (Å²) >= 11 is 0. The van der Waals surface area contributed by atoms with Crippen LogP contribution in [0.5, 0.6) is 0 Å². The highest BCUT2D eigenvalue weighted by molar-refractivity contribution is 5.86. The molecule has 3 N–H and O–H groups in total. The number of hydrogen-bond acceptors (Lipinski definition) is 4. The Bertz CT molecular complexity index is 574. The molecule has 24 heavy (non-hydrogen) atoms. The highest BCUT2D eigenvalue weighted by Gasteiger charge is 2.30. The molecule has 2 atom stereocenters. The number of carboxylic acid groups (broad SMARTS) is 2. The first kappa shape index (κ1) is 19.6. The summed E-state index contributed by atoms with van der Waals surface area (Å²) < 4.78 is 0. The van der Waals surface area contributed by atoms with Gasteiger partial charge in [-0.2, -0.15) is 0 Å². The van der Waals surface area contributed by atoms with Crippen molar-refractivity contribution in [3.63, 3.8) is 0 Å². The Morgan fingerprint density at radius 2 is 1.67 bits per heavy atom. The van der Waals surface area contributed by atoms with Gasteiger partial charge in [-0.15, -0.1) is 0 Å². The number of carbonyl (C=O) groups excluding carboxylic acids is 1. The summed E-state index contributed by atoms with van der Waals surface area (Å²) in [6.45, 7) is 4.72. The van der Waals surface area contributed by atoms with Crippen molar-refractivity contribution < 1.29 is 24.6 Å². The zero-order valence-corrected chi connectivity index (χ0v) is 14.1. The van der Waals surface area contributed by atoms with Crippen molar-refractivity contribution >= 4 is 17.8 Å². The van der Waals surface area contributed by atoms with Crippen LogP contribution < -0.4 is 5.32 Å². The first-order valence-corrected chi connectivity index (χ1v) is 7.75. The van der Waals surface area contributed by atoms with Crippen LogP contribution in [-0.2, 0) is 20.9 Å². The van der Waals surface area contributed by atoms with E-state index in [1.165, 1.54) is 11.8 Å². The number of amides is 1. The number of rotatable bonds is 9. The van der Waals surface area contributed by atoms with Crippen molar-refractivity contribution in [1.29, 1.82) is 0 Å². The number of aliphatic carboxylic acids is 2. The summed E-state index contributed by atoms with van der Waals surface area (Å²) in [4.78, 5) is 36.2. The molecule has 0 fully saturated rings. The van der Waals surface area contributed by atoms with Crippen LogP contribution in [-0.4, -0.2) is 51.6 Å². The minimum Gasteiger partial charge on any atom is -0.480 e. The Hall–Kier alpha value is -2.41. The third-order valence-corrected chi connectivity index (χ3v) is 3.59. The molecule has 0 aliphatic carbocycles. The third-order valence-electron chi connectivity index (χ3n) is 3.59. The van der Waals surface area contributed by atoms with Gasteiger partial charge < -0.3 is 15.1 Å². The summed E-state index contributed by atoms with van der Waals surface area (Å²) in [6.07, 6.45) is 0. The predicted octanol–water partition coefficient (Wildman–Crippen LogP) is 1.19. The Morgan fingerprint density at radius 3 is 2.12 bits per heavy atom. The van der Waals surface area contributed by atoms with E-state index in [2.05, 4.69) is 5.32 Å². The molecule has 132 valence electrons. The van der Waals surface area contributed by atoms with E-state index in [1.54, 1.807) is 26.0 Å². The fraction of sp³-hybridized carbons (Fsp3) is 0.471. The Morgan fingerprint density at radius 1 is 1.08 bits per heavy atom. The molecule has 7 heteroatoms. The summed E-state index contributed by atoms with van der Waals surface area (Å²) in [5.41, 5.74) is 0.806. The minimum atomic E-state index is -1.12.